The van der Waals surface area contributed by atoms with Gasteiger partial charge in [-0.1, -0.05) is 6.42 Å². The summed E-state index contributed by atoms with van der Waals surface area (Å²) in [6, 6.07) is 6.85. The van der Waals surface area contributed by atoms with Crippen LogP contribution < -0.4 is 5.43 Å². The van der Waals surface area contributed by atoms with Gasteiger partial charge in [0.15, 0.2) is 5.78 Å². The molecule has 5 nitrogen and oxygen atoms in total. The Hall–Kier alpha value is -2.17. The Morgan fingerprint density at radius 2 is 1.90 bits per heavy atom. The second-order valence-electron chi connectivity index (χ2n) is 4.95. The number of nitrogens with one attached hydrogen (secondary N) is 1. The summed E-state index contributed by atoms with van der Waals surface area (Å²) in [5.41, 5.74) is 4.74. The highest BCUT2D eigenvalue weighted by Gasteiger charge is 2.15. The van der Waals surface area contributed by atoms with Crippen molar-refractivity contribution in [3.8, 4) is 0 Å². The van der Waals surface area contributed by atoms with Gasteiger partial charge in [-0.05, 0) is 50.5 Å². The van der Waals surface area contributed by atoms with Crippen molar-refractivity contribution in [2.45, 2.75) is 39.0 Å². The van der Waals surface area contributed by atoms with Crippen LogP contribution in [0.1, 0.15) is 49.4 Å². The number of hydrazone groups is 1. The van der Waals surface area contributed by atoms with Crippen molar-refractivity contribution in [2.75, 3.05) is 12.0 Å². The van der Waals surface area contributed by atoms with Crippen LogP contribution in [0.3, 0.4) is 0 Å². The SMILES string of the molecule is CCOC(=O)c1ccc(NN=C2CCCCCC2=O)cc1. The lowest BCUT2D eigenvalue weighted by Crippen LogP contribution is -2.13. The van der Waals surface area contributed by atoms with Crippen LogP contribution in [0, 0.1) is 0 Å². The maximum Gasteiger partial charge on any atom is 0.338 e. The standard InChI is InChI=1S/C16H20N2O3/c1-2-21-16(20)12-8-10-13(11-9-12)17-18-14-6-4-3-5-7-15(14)19/h8-11,17H,2-7H2,1H3. The second-order valence-corrected chi connectivity index (χ2v) is 4.95. The number of hydrogen-bond donors (Lipinski definition) is 1. The molecule has 1 saturated carbocycles. The molecule has 5 heteroatoms. The number of benzene rings is 1. The van der Waals surface area contributed by atoms with Gasteiger partial charge in [0.25, 0.3) is 0 Å². The first-order valence-corrected chi connectivity index (χ1v) is 7.33. The van der Waals surface area contributed by atoms with Crippen LogP contribution in [0.15, 0.2) is 29.4 Å². The third kappa shape index (κ3) is 4.41. The number of nitrogens with zero attached hydrogens (tertiary/aromatic N) is 1. The van der Waals surface area contributed by atoms with Crippen LogP contribution in [0.5, 0.6) is 0 Å². The molecule has 0 unspecified atom stereocenters. The highest BCUT2D eigenvalue weighted by atomic mass is 16.5. The van der Waals surface area contributed by atoms with Crippen LogP contribution in [-0.2, 0) is 9.53 Å². The number of ether oxygens (including phenoxy) is 1. The molecule has 0 heterocycles. The van der Waals surface area contributed by atoms with E-state index in [4.69, 9.17) is 4.74 Å². The van der Waals surface area contributed by atoms with Gasteiger partial charge in [-0.3, -0.25) is 10.2 Å². The first-order valence-electron chi connectivity index (χ1n) is 7.33. The minimum absolute atomic E-state index is 0.128. The summed E-state index contributed by atoms with van der Waals surface area (Å²) < 4.78 is 4.92. The molecule has 0 atom stereocenters. The van der Waals surface area contributed by atoms with Crippen molar-refractivity contribution in [1.82, 2.24) is 0 Å². The highest BCUT2D eigenvalue weighted by molar-refractivity contribution is 6.40. The van der Waals surface area contributed by atoms with E-state index in [0.29, 0.717) is 24.3 Å². The fourth-order valence-electron chi connectivity index (χ4n) is 2.18. The summed E-state index contributed by atoms with van der Waals surface area (Å²) in [5, 5.41) is 4.21. The average molecular weight is 288 g/mol. The molecular weight excluding hydrogens is 268 g/mol. The van der Waals surface area contributed by atoms with Gasteiger partial charge in [0.1, 0.15) is 5.71 Å². The minimum atomic E-state index is -0.339. The average Bonchev–Trinajstić information content (AvgIpc) is 2.70. The van der Waals surface area contributed by atoms with E-state index in [1.54, 1.807) is 31.2 Å². The molecule has 0 aliphatic heterocycles. The normalized spacial score (nSPS) is 17.4. The van der Waals surface area contributed by atoms with Crippen molar-refractivity contribution in [1.29, 1.82) is 0 Å². The van der Waals surface area contributed by atoms with E-state index in [-0.39, 0.29) is 11.8 Å². The Balaban J connectivity index is 1.99. The van der Waals surface area contributed by atoms with E-state index < -0.39 is 0 Å². The van der Waals surface area contributed by atoms with Crippen LogP contribution in [0.4, 0.5) is 5.69 Å². The van der Waals surface area contributed by atoms with E-state index in [1.807, 2.05) is 0 Å². The predicted octanol–water partition coefficient (Wildman–Crippen LogP) is 3.16. The molecular formula is C16H20N2O3. The fraction of sp³-hybridized carbons (Fsp3) is 0.438. The molecule has 1 aromatic carbocycles. The summed E-state index contributed by atoms with van der Waals surface area (Å²) in [5.74, 6) is -0.211. The molecule has 0 spiro atoms. The van der Waals surface area contributed by atoms with Gasteiger partial charge in [0.2, 0.25) is 0 Å². The lowest BCUT2D eigenvalue weighted by molar-refractivity contribution is -0.113. The number of rotatable bonds is 4. The largest absolute Gasteiger partial charge is 0.462 e. The molecule has 0 saturated heterocycles. The lowest BCUT2D eigenvalue weighted by Gasteiger charge is -2.05. The van der Waals surface area contributed by atoms with Gasteiger partial charge in [-0.25, -0.2) is 4.79 Å². The van der Waals surface area contributed by atoms with Gasteiger partial charge in [-0.2, -0.15) is 5.10 Å². The number of hydrogen-bond acceptors (Lipinski definition) is 5. The molecule has 2 rings (SSSR count). The Morgan fingerprint density at radius 3 is 2.62 bits per heavy atom. The quantitative estimate of drug-likeness (QED) is 0.525. The van der Waals surface area contributed by atoms with Gasteiger partial charge >= 0.3 is 5.97 Å². The molecule has 0 bridgehead atoms. The maximum atomic E-state index is 11.8. The number of carbonyl (C=O) groups is 2. The molecule has 0 amide bonds. The molecule has 1 aliphatic rings. The van der Waals surface area contributed by atoms with Crippen LogP contribution in [0.2, 0.25) is 0 Å². The molecule has 0 aromatic heterocycles. The second kappa shape index (κ2) is 7.57. The molecule has 1 aromatic rings. The van der Waals surface area contributed by atoms with Crippen LogP contribution in [0.25, 0.3) is 0 Å². The van der Waals surface area contributed by atoms with Crippen molar-refractivity contribution < 1.29 is 14.3 Å². The van der Waals surface area contributed by atoms with Crippen molar-refractivity contribution in [3.05, 3.63) is 29.8 Å². The first-order chi connectivity index (χ1) is 10.2. The third-order valence-corrected chi connectivity index (χ3v) is 3.36. The Kier molecular flexibility index (Phi) is 5.49. The zero-order valence-electron chi connectivity index (χ0n) is 12.2. The third-order valence-electron chi connectivity index (χ3n) is 3.36. The number of anilines is 1. The van der Waals surface area contributed by atoms with E-state index in [9.17, 15) is 9.59 Å². The topological polar surface area (TPSA) is 67.8 Å². The zero-order valence-corrected chi connectivity index (χ0v) is 12.2. The van der Waals surface area contributed by atoms with E-state index in [1.165, 1.54) is 0 Å². The molecule has 112 valence electrons. The van der Waals surface area contributed by atoms with Gasteiger partial charge < -0.3 is 4.74 Å². The monoisotopic (exact) mass is 288 g/mol. The van der Waals surface area contributed by atoms with E-state index in [0.717, 1.165) is 31.4 Å². The summed E-state index contributed by atoms with van der Waals surface area (Å²) in [6.07, 6.45) is 4.36. The van der Waals surface area contributed by atoms with Crippen molar-refractivity contribution in [2.24, 2.45) is 5.10 Å². The Labute approximate surface area is 124 Å². The van der Waals surface area contributed by atoms with Gasteiger partial charge in [0.05, 0.1) is 17.9 Å². The molecule has 1 aliphatic carbocycles. The summed E-state index contributed by atoms with van der Waals surface area (Å²) >= 11 is 0. The Bertz CT molecular complexity index is 535. The summed E-state index contributed by atoms with van der Waals surface area (Å²) in [7, 11) is 0. The van der Waals surface area contributed by atoms with Crippen LogP contribution >= 0.6 is 0 Å². The fourth-order valence-corrected chi connectivity index (χ4v) is 2.18. The highest BCUT2D eigenvalue weighted by Crippen LogP contribution is 2.14. The lowest BCUT2D eigenvalue weighted by atomic mass is 10.1. The van der Waals surface area contributed by atoms with Crippen LogP contribution in [-0.4, -0.2) is 24.1 Å². The summed E-state index contributed by atoms with van der Waals surface area (Å²) in [6.45, 7) is 2.13. The van der Waals surface area contributed by atoms with Gasteiger partial charge in [-0.15, -0.1) is 0 Å². The first kappa shape index (κ1) is 15.2. The number of ketones is 1. The molecule has 21 heavy (non-hydrogen) atoms. The number of esters is 1. The predicted molar refractivity (Wildman–Crippen MR) is 81.5 cm³/mol. The molecule has 1 N–H and O–H groups in total. The molecule has 1 fully saturated rings. The van der Waals surface area contributed by atoms with E-state index >= 15 is 0 Å². The molecule has 0 radical (unpaired) electrons. The minimum Gasteiger partial charge on any atom is -0.462 e. The summed E-state index contributed by atoms with van der Waals surface area (Å²) in [4.78, 5) is 23.3. The van der Waals surface area contributed by atoms with Crippen molar-refractivity contribution in [3.63, 3.8) is 0 Å². The van der Waals surface area contributed by atoms with E-state index in [2.05, 4.69) is 10.5 Å². The number of carbonyl (C=O) groups excluding carboxylic acids is 2. The van der Waals surface area contributed by atoms with Crippen molar-refractivity contribution >= 4 is 23.2 Å². The number of Topliss-reactive ketones (excluding diaryl/α,β-unsaturated/α-hetero) is 1. The maximum absolute atomic E-state index is 11.8. The smallest absolute Gasteiger partial charge is 0.338 e. The Morgan fingerprint density at radius 1 is 1.19 bits per heavy atom. The zero-order chi connectivity index (χ0) is 15.1. The van der Waals surface area contributed by atoms with Gasteiger partial charge in [0, 0.05) is 6.42 Å².